The number of aliphatic hydroxyl groups is 1. The number of rotatable bonds is 10. The predicted molar refractivity (Wildman–Crippen MR) is 85.2 cm³/mol. The second kappa shape index (κ2) is 8.98. The SMILES string of the molecule is CCCN(CCC)CC(O)COCc1ccc2c(c1)OCO2. The van der Waals surface area contributed by atoms with Crippen LogP contribution >= 0.6 is 0 Å². The standard InChI is InChI=1S/C17H27NO4/c1-3-7-18(8-4-2)10-15(19)12-20-11-14-5-6-16-17(9-14)22-13-21-16/h5-6,9,15,19H,3-4,7-8,10-13H2,1-2H3. The van der Waals surface area contributed by atoms with E-state index in [1.54, 1.807) is 0 Å². The fraction of sp³-hybridized carbons (Fsp3) is 0.647. The third-order valence-electron chi connectivity index (χ3n) is 3.56. The lowest BCUT2D eigenvalue weighted by atomic mass is 10.2. The summed E-state index contributed by atoms with van der Waals surface area (Å²) in [6.45, 7) is 8.12. The molecule has 22 heavy (non-hydrogen) atoms. The van der Waals surface area contributed by atoms with Crippen LogP contribution in [0.4, 0.5) is 0 Å². The van der Waals surface area contributed by atoms with Gasteiger partial charge in [0.05, 0.1) is 19.3 Å². The van der Waals surface area contributed by atoms with E-state index in [0.29, 0.717) is 19.8 Å². The van der Waals surface area contributed by atoms with Gasteiger partial charge in [-0.3, -0.25) is 0 Å². The first-order chi connectivity index (χ1) is 10.7. The predicted octanol–water partition coefficient (Wildman–Crippen LogP) is 2.41. The highest BCUT2D eigenvalue weighted by Gasteiger charge is 2.14. The van der Waals surface area contributed by atoms with Crippen molar-refractivity contribution in [2.24, 2.45) is 0 Å². The van der Waals surface area contributed by atoms with E-state index < -0.39 is 6.10 Å². The summed E-state index contributed by atoms with van der Waals surface area (Å²) in [7, 11) is 0. The van der Waals surface area contributed by atoms with Crippen LogP contribution in [0.25, 0.3) is 0 Å². The average molecular weight is 309 g/mol. The first kappa shape index (κ1) is 17.1. The van der Waals surface area contributed by atoms with Crippen LogP contribution in [0.2, 0.25) is 0 Å². The summed E-state index contributed by atoms with van der Waals surface area (Å²) in [5.41, 5.74) is 1.02. The molecule has 1 aromatic carbocycles. The van der Waals surface area contributed by atoms with Gasteiger partial charge >= 0.3 is 0 Å². The van der Waals surface area contributed by atoms with Gasteiger partial charge in [0.2, 0.25) is 6.79 Å². The molecule has 1 unspecified atom stereocenters. The van der Waals surface area contributed by atoms with Crippen LogP contribution in [-0.4, -0.2) is 49.1 Å². The molecule has 0 spiro atoms. The Morgan fingerprint density at radius 1 is 1.18 bits per heavy atom. The number of fused-ring (bicyclic) bond motifs is 1. The van der Waals surface area contributed by atoms with Crippen molar-refractivity contribution in [3.05, 3.63) is 23.8 Å². The zero-order valence-electron chi connectivity index (χ0n) is 13.6. The first-order valence-electron chi connectivity index (χ1n) is 8.09. The molecule has 0 saturated heterocycles. The molecule has 0 aromatic heterocycles. The van der Waals surface area contributed by atoms with Crippen LogP contribution in [0, 0.1) is 0 Å². The van der Waals surface area contributed by atoms with Crippen molar-refractivity contribution in [3.63, 3.8) is 0 Å². The average Bonchev–Trinajstić information content (AvgIpc) is 2.95. The molecule has 5 heteroatoms. The molecule has 1 N–H and O–H groups in total. The molecule has 1 aliphatic rings. The normalized spacial score (nSPS) is 14.5. The van der Waals surface area contributed by atoms with E-state index in [1.165, 1.54) is 0 Å². The summed E-state index contributed by atoms with van der Waals surface area (Å²) < 4.78 is 16.2. The highest BCUT2D eigenvalue weighted by Crippen LogP contribution is 2.32. The number of benzene rings is 1. The van der Waals surface area contributed by atoms with Crippen molar-refractivity contribution in [1.82, 2.24) is 4.90 Å². The second-order valence-electron chi connectivity index (χ2n) is 5.66. The van der Waals surface area contributed by atoms with E-state index >= 15 is 0 Å². The van der Waals surface area contributed by atoms with Gasteiger partial charge in [-0.2, -0.15) is 0 Å². The topological polar surface area (TPSA) is 51.2 Å². The van der Waals surface area contributed by atoms with Crippen molar-refractivity contribution in [3.8, 4) is 11.5 Å². The molecule has 5 nitrogen and oxygen atoms in total. The Labute approximate surface area is 132 Å². The molecule has 0 fully saturated rings. The molecule has 124 valence electrons. The molecule has 0 radical (unpaired) electrons. The van der Waals surface area contributed by atoms with Gasteiger partial charge in [0.1, 0.15) is 0 Å². The Bertz CT molecular complexity index is 446. The maximum atomic E-state index is 10.1. The fourth-order valence-corrected chi connectivity index (χ4v) is 2.62. The molecule has 0 saturated carbocycles. The van der Waals surface area contributed by atoms with E-state index in [4.69, 9.17) is 14.2 Å². The summed E-state index contributed by atoms with van der Waals surface area (Å²) in [6.07, 6.45) is 1.75. The van der Waals surface area contributed by atoms with Crippen molar-refractivity contribution < 1.29 is 19.3 Å². The van der Waals surface area contributed by atoms with E-state index in [2.05, 4.69) is 18.7 Å². The zero-order valence-corrected chi connectivity index (χ0v) is 13.6. The summed E-state index contributed by atoms with van der Waals surface area (Å²) in [6, 6.07) is 5.78. The Kier molecular flexibility index (Phi) is 6.96. The van der Waals surface area contributed by atoms with Crippen LogP contribution in [0.1, 0.15) is 32.3 Å². The molecule has 1 heterocycles. The first-order valence-corrected chi connectivity index (χ1v) is 8.09. The minimum Gasteiger partial charge on any atom is -0.454 e. The van der Waals surface area contributed by atoms with Gasteiger partial charge in [-0.1, -0.05) is 19.9 Å². The van der Waals surface area contributed by atoms with Gasteiger partial charge in [-0.05, 0) is 43.6 Å². The smallest absolute Gasteiger partial charge is 0.231 e. The molecule has 2 rings (SSSR count). The molecule has 1 atom stereocenters. The highest BCUT2D eigenvalue weighted by atomic mass is 16.7. The van der Waals surface area contributed by atoms with Crippen molar-refractivity contribution >= 4 is 0 Å². The third-order valence-corrected chi connectivity index (χ3v) is 3.56. The minimum absolute atomic E-state index is 0.281. The van der Waals surface area contributed by atoms with Crippen molar-refractivity contribution in [2.45, 2.75) is 39.4 Å². The van der Waals surface area contributed by atoms with E-state index in [0.717, 1.165) is 43.0 Å². The van der Waals surface area contributed by atoms with Gasteiger partial charge in [-0.15, -0.1) is 0 Å². The van der Waals surface area contributed by atoms with Crippen LogP contribution in [0.5, 0.6) is 11.5 Å². The molecule has 0 amide bonds. The molecular weight excluding hydrogens is 282 g/mol. The largest absolute Gasteiger partial charge is 0.454 e. The van der Waals surface area contributed by atoms with Crippen LogP contribution < -0.4 is 9.47 Å². The summed E-state index contributed by atoms with van der Waals surface area (Å²) in [5, 5.41) is 10.1. The highest BCUT2D eigenvalue weighted by molar-refractivity contribution is 5.44. The third kappa shape index (κ3) is 5.16. The van der Waals surface area contributed by atoms with Crippen molar-refractivity contribution in [2.75, 3.05) is 33.0 Å². The number of aliphatic hydroxyl groups excluding tert-OH is 1. The van der Waals surface area contributed by atoms with Gasteiger partial charge in [0.25, 0.3) is 0 Å². The number of hydrogen-bond acceptors (Lipinski definition) is 5. The lowest BCUT2D eigenvalue weighted by molar-refractivity contribution is 0.00987. The number of ether oxygens (including phenoxy) is 3. The minimum atomic E-state index is -0.452. The number of hydrogen-bond donors (Lipinski definition) is 1. The van der Waals surface area contributed by atoms with E-state index in [9.17, 15) is 5.11 Å². The second-order valence-corrected chi connectivity index (χ2v) is 5.66. The van der Waals surface area contributed by atoms with Crippen LogP contribution in [-0.2, 0) is 11.3 Å². The Balaban J connectivity index is 1.71. The monoisotopic (exact) mass is 309 g/mol. The van der Waals surface area contributed by atoms with Gasteiger partial charge < -0.3 is 24.2 Å². The Morgan fingerprint density at radius 2 is 1.91 bits per heavy atom. The van der Waals surface area contributed by atoms with Gasteiger partial charge in [0.15, 0.2) is 11.5 Å². The molecule has 1 aliphatic heterocycles. The lowest BCUT2D eigenvalue weighted by Gasteiger charge is -2.24. The van der Waals surface area contributed by atoms with E-state index in [1.807, 2.05) is 18.2 Å². The van der Waals surface area contributed by atoms with Gasteiger partial charge in [-0.25, -0.2) is 0 Å². The molecule has 1 aromatic rings. The maximum absolute atomic E-state index is 10.1. The maximum Gasteiger partial charge on any atom is 0.231 e. The number of nitrogens with zero attached hydrogens (tertiary/aromatic N) is 1. The summed E-state index contributed by atoms with van der Waals surface area (Å²) >= 11 is 0. The quantitative estimate of drug-likeness (QED) is 0.719. The molecular formula is C17H27NO4. The van der Waals surface area contributed by atoms with Crippen molar-refractivity contribution in [1.29, 1.82) is 0 Å². The van der Waals surface area contributed by atoms with Crippen LogP contribution in [0.3, 0.4) is 0 Å². The van der Waals surface area contributed by atoms with Gasteiger partial charge in [0, 0.05) is 6.54 Å². The van der Waals surface area contributed by atoms with E-state index in [-0.39, 0.29) is 6.79 Å². The van der Waals surface area contributed by atoms with Crippen LogP contribution in [0.15, 0.2) is 18.2 Å². The Hall–Kier alpha value is -1.30. The molecule has 0 bridgehead atoms. The lowest BCUT2D eigenvalue weighted by Crippen LogP contribution is -2.36. The zero-order chi connectivity index (χ0) is 15.8. The Morgan fingerprint density at radius 3 is 2.64 bits per heavy atom. The molecule has 0 aliphatic carbocycles. The fourth-order valence-electron chi connectivity index (χ4n) is 2.62. The summed E-state index contributed by atoms with van der Waals surface area (Å²) in [5.74, 6) is 1.54. The summed E-state index contributed by atoms with van der Waals surface area (Å²) in [4.78, 5) is 2.29.